The molecule has 5 heteroatoms. The fraction of sp³-hybridized carbons (Fsp3) is 0.583. The summed E-state index contributed by atoms with van der Waals surface area (Å²) in [6, 6.07) is 3.69. The normalized spacial score (nSPS) is 20.4. The Morgan fingerprint density at radius 2 is 2.24 bits per heavy atom. The van der Waals surface area contributed by atoms with Crippen LogP contribution in [-0.2, 0) is 4.74 Å². The quantitative estimate of drug-likeness (QED) is 0.747. The fourth-order valence-electron chi connectivity index (χ4n) is 1.96. The van der Waals surface area contributed by atoms with Crippen molar-refractivity contribution in [1.29, 1.82) is 0 Å². The van der Waals surface area contributed by atoms with Crippen LogP contribution in [0.3, 0.4) is 0 Å². The van der Waals surface area contributed by atoms with Crippen molar-refractivity contribution in [2.24, 2.45) is 0 Å². The summed E-state index contributed by atoms with van der Waals surface area (Å²) in [5.74, 6) is 1.64. The van der Waals surface area contributed by atoms with Crippen molar-refractivity contribution in [3.63, 3.8) is 0 Å². The summed E-state index contributed by atoms with van der Waals surface area (Å²) in [5, 5.41) is 0. The Kier molecular flexibility index (Phi) is 3.38. The molecule has 2 heterocycles. The average Bonchev–Trinajstić information content (AvgIpc) is 2.74. The molecule has 0 N–H and O–H groups in total. The van der Waals surface area contributed by atoms with Gasteiger partial charge in [0, 0.05) is 20.6 Å². The molecule has 1 saturated heterocycles. The Balaban J connectivity index is 2.20. The second kappa shape index (κ2) is 4.79. The summed E-state index contributed by atoms with van der Waals surface area (Å²) < 4.78 is 11.0. The van der Waals surface area contributed by atoms with Gasteiger partial charge in [0.25, 0.3) is 0 Å². The maximum atomic E-state index is 12.0. The first kappa shape index (κ1) is 12.0. The van der Waals surface area contributed by atoms with E-state index in [1.807, 2.05) is 19.1 Å². The number of ether oxygens (including phenoxy) is 1. The van der Waals surface area contributed by atoms with Gasteiger partial charge < -0.3 is 19.0 Å². The van der Waals surface area contributed by atoms with Crippen molar-refractivity contribution < 1.29 is 13.9 Å². The SMILES string of the molecule is Cc1ccc([C@@H]2COCCN2C(=O)N(C)C)o1. The zero-order chi connectivity index (χ0) is 12.4. The highest BCUT2D eigenvalue weighted by molar-refractivity contribution is 5.74. The van der Waals surface area contributed by atoms with E-state index in [9.17, 15) is 4.79 Å². The van der Waals surface area contributed by atoms with Crippen LogP contribution in [0.4, 0.5) is 4.79 Å². The minimum Gasteiger partial charge on any atom is -0.464 e. The van der Waals surface area contributed by atoms with Gasteiger partial charge in [-0.15, -0.1) is 0 Å². The Morgan fingerprint density at radius 1 is 1.47 bits per heavy atom. The summed E-state index contributed by atoms with van der Waals surface area (Å²) in [5.41, 5.74) is 0. The zero-order valence-corrected chi connectivity index (χ0v) is 10.5. The van der Waals surface area contributed by atoms with Gasteiger partial charge in [-0.25, -0.2) is 4.79 Å². The molecule has 0 aliphatic carbocycles. The first-order chi connectivity index (χ1) is 8.09. The number of carbonyl (C=O) groups excluding carboxylic acids is 1. The van der Waals surface area contributed by atoms with Crippen molar-refractivity contribution in [2.75, 3.05) is 33.9 Å². The first-order valence-electron chi connectivity index (χ1n) is 5.71. The van der Waals surface area contributed by atoms with E-state index in [0.717, 1.165) is 11.5 Å². The highest BCUT2D eigenvalue weighted by atomic mass is 16.5. The largest absolute Gasteiger partial charge is 0.464 e. The molecule has 1 atom stereocenters. The molecule has 17 heavy (non-hydrogen) atoms. The number of hydrogen-bond donors (Lipinski definition) is 0. The second-order valence-corrected chi connectivity index (χ2v) is 4.41. The molecule has 1 fully saturated rings. The molecule has 0 radical (unpaired) electrons. The number of hydrogen-bond acceptors (Lipinski definition) is 3. The number of rotatable bonds is 1. The summed E-state index contributed by atoms with van der Waals surface area (Å²) in [4.78, 5) is 15.4. The monoisotopic (exact) mass is 238 g/mol. The topological polar surface area (TPSA) is 45.9 Å². The predicted octanol–water partition coefficient (Wildman–Crippen LogP) is 1.64. The highest BCUT2D eigenvalue weighted by Crippen LogP contribution is 2.26. The second-order valence-electron chi connectivity index (χ2n) is 4.41. The minimum absolute atomic E-state index is 0.00708. The summed E-state index contributed by atoms with van der Waals surface area (Å²) in [6.07, 6.45) is 0. The Morgan fingerprint density at radius 3 is 2.82 bits per heavy atom. The van der Waals surface area contributed by atoms with Crippen LogP contribution in [0.5, 0.6) is 0 Å². The van der Waals surface area contributed by atoms with E-state index in [0.29, 0.717) is 19.8 Å². The van der Waals surface area contributed by atoms with Gasteiger partial charge >= 0.3 is 6.03 Å². The lowest BCUT2D eigenvalue weighted by atomic mass is 10.2. The molecule has 1 aliphatic rings. The molecule has 0 spiro atoms. The summed E-state index contributed by atoms with van der Waals surface area (Å²) in [6.45, 7) is 3.56. The van der Waals surface area contributed by atoms with Crippen LogP contribution in [0.2, 0.25) is 0 Å². The standard InChI is InChI=1S/C12H18N2O3/c1-9-4-5-11(17-9)10-8-16-7-6-14(10)12(15)13(2)3/h4-5,10H,6-8H2,1-3H3/t10-/m0/s1. The molecule has 1 aromatic rings. The number of morpholine rings is 1. The van der Waals surface area contributed by atoms with Gasteiger partial charge in [0.2, 0.25) is 0 Å². The summed E-state index contributed by atoms with van der Waals surface area (Å²) in [7, 11) is 3.50. The molecular formula is C12H18N2O3. The highest BCUT2D eigenvalue weighted by Gasteiger charge is 2.31. The van der Waals surface area contributed by atoms with Crippen LogP contribution in [-0.4, -0.2) is 49.7 Å². The lowest BCUT2D eigenvalue weighted by Crippen LogP contribution is -2.47. The van der Waals surface area contributed by atoms with Crippen LogP contribution in [0.1, 0.15) is 17.6 Å². The first-order valence-corrected chi connectivity index (χ1v) is 5.71. The third-order valence-electron chi connectivity index (χ3n) is 2.85. The van der Waals surface area contributed by atoms with E-state index >= 15 is 0 Å². The molecule has 0 bridgehead atoms. The molecule has 2 amide bonds. The van der Waals surface area contributed by atoms with Gasteiger partial charge in [-0.1, -0.05) is 0 Å². The Hall–Kier alpha value is -1.49. The van der Waals surface area contributed by atoms with Crippen molar-refractivity contribution in [2.45, 2.75) is 13.0 Å². The lowest BCUT2D eigenvalue weighted by molar-refractivity contribution is -0.00134. The van der Waals surface area contributed by atoms with E-state index in [-0.39, 0.29) is 12.1 Å². The molecule has 0 saturated carbocycles. The van der Waals surface area contributed by atoms with Crippen LogP contribution < -0.4 is 0 Å². The van der Waals surface area contributed by atoms with E-state index in [1.165, 1.54) is 0 Å². The van der Waals surface area contributed by atoms with E-state index in [1.54, 1.807) is 23.9 Å². The van der Waals surface area contributed by atoms with Gasteiger partial charge in [0.05, 0.1) is 13.2 Å². The van der Waals surface area contributed by atoms with Crippen LogP contribution in [0, 0.1) is 6.92 Å². The molecule has 1 aliphatic heterocycles. The lowest BCUT2D eigenvalue weighted by Gasteiger charge is -2.35. The van der Waals surface area contributed by atoms with Gasteiger partial charge in [-0.05, 0) is 19.1 Å². The maximum absolute atomic E-state index is 12.0. The van der Waals surface area contributed by atoms with Crippen LogP contribution in [0.15, 0.2) is 16.5 Å². The van der Waals surface area contributed by atoms with E-state index in [4.69, 9.17) is 9.15 Å². The van der Waals surface area contributed by atoms with Crippen LogP contribution in [0.25, 0.3) is 0 Å². The molecule has 1 aromatic heterocycles. The molecule has 5 nitrogen and oxygen atoms in total. The van der Waals surface area contributed by atoms with Crippen molar-refractivity contribution in [1.82, 2.24) is 9.80 Å². The number of urea groups is 1. The van der Waals surface area contributed by atoms with E-state index < -0.39 is 0 Å². The molecule has 2 rings (SSSR count). The Bertz CT molecular complexity index is 400. The van der Waals surface area contributed by atoms with Gasteiger partial charge in [-0.2, -0.15) is 0 Å². The summed E-state index contributed by atoms with van der Waals surface area (Å²) >= 11 is 0. The van der Waals surface area contributed by atoms with Gasteiger partial charge in [0.15, 0.2) is 0 Å². The fourth-order valence-corrected chi connectivity index (χ4v) is 1.96. The average molecular weight is 238 g/mol. The predicted molar refractivity (Wildman–Crippen MR) is 62.8 cm³/mol. The van der Waals surface area contributed by atoms with Crippen molar-refractivity contribution in [3.8, 4) is 0 Å². The van der Waals surface area contributed by atoms with E-state index in [2.05, 4.69) is 0 Å². The molecule has 0 unspecified atom stereocenters. The number of carbonyl (C=O) groups is 1. The molecular weight excluding hydrogens is 220 g/mol. The third kappa shape index (κ3) is 2.44. The number of amides is 2. The number of furan rings is 1. The minimum atomic E-state index is -0.118. The molecule has 0 aromatic carbocycles. The van der Waals surface area contributed by atoms with Crippen LogP contribution >= 0.6 is 0 Å². The third-order valence-corrected chi connectivity index (χ3v) is 2.85. The smallest absolute Gasteiger partial charge is 0.320 e. The zero-order valence-electron chi connectivity index (χ0n) is 10.5. The Labute approximate surface area is 101 Å². The van der Waals surface area contributed by atoms with Gasteiger partial charge in [-0.3, -0.25) is 0 Å². The van der Waals surface area contributed by atoms with Crippen molar-refractivity contribution >= 4 is 6.03 Å². The van der Waals surface area contributed by atoms with Gasteiger partial charge in [0.1, 0.15) is 17.6 Å². The number of aryl methyl sites for hydroxylation is 1. The number of nitrogens with zero attached hydrogens (tertiary/aromatic N) is 2. The van der Waals surface area contributed by atoms with Crippen molar-refractivity contribution in [3.05, 3.63) is 23.7 Å². The maximum Gasteiger partial charge on any atom is 0.320 e. The molecule has 94 valence electrons.